The molecule has 9 heavy (non-hydrogen) atoms. The van der Waals surface area contributed by atoms with Crippen LogP contribution in [-0.2, 0) is 9.47 Å². The molecule has 54 valence electrons. The Morgan fingerprint density at radius 1 is 1.78 bits per heavy atom. The predicted molar refractivity (Wildman–Crippen MR) is 38.9 cm³/mol. The van der Waals surface area contributed by atoms with Crippen LogP contribution in [0.2, 0.25) is 0 Å². The zero-order valence-electron chi connectivity index (χ0n) is 5.63. The average molecular weight is 148 g/mol. The lowest BCUT2D eigenvalue weighted by atomic mass is 10.6. The Kier molecular flexibility index (Phi) is 3.40. The van der Waals surface area contributed by atoms with Gasteiger partial charge < -0.3 is 9.47 Å². The van der Waals surface area contributed by atoms with Crippen LogP contribution in [0.4, 0.5) is 0 Å². The van der Waals surface area contributed by atoms with Crippen LogP contribution >= 0.6 is 11.8 Å². The average Bonchev–Trinajstić information content (AvgIpc) is 2.63. The molecule has 0 aliphatic carbocycles. The lowest BCUT2D eigenvalue weighted by Crippen LogP contribution is -1.96. The number of hydrogen-bond acceptors (Lipinski definition) is 3. The Bertz CT molecular complexity index is 73.5. The van der Waals surface area contributed by atoms with Gasteiger partial charge in [0.25, 0.3) is 0 Å². The van der Waals surface area contributed by atoms with Gasteiger partial charge in [-0.25, -0.2) is 0 Å². The molecule has 0 aromatic carbocycles. The van der Waals surface area contributed by atoms with Crippen molar-refractivity contribution in [2.75, 3.05) is 31.8 Å². The Morgan fingerprint density at radius 2 is 2.56 bits per heavy atom. The van der Waals surface area contributed by atoms with Crippen LogP contribution in [0.1, 0.15) is 0 Å². The van der Waals surface area contributed by atoms with Gasteiger partial charge in [-0.2, -0.15) is 11.8 Å². The first-order valence-corrected chi connectivity index (χ1v) is 4.27. The van der Waals surface area contributed by atoms with Crippen molar-refractivity contribution in [1.29, 1.82) is 0 Å². The van der Waals surface area contributed by atoms with E-state index in [2.05, 4.69) is 0 Å². The summed E-state index contributed by atoms with van der Waals surface area (Å²) in [5.41, 5.74) is 0. The van der Waals surface area contributed by atoms with Gasteiger partial charge in [-0.15, -0.1) is 0 Å². The predicted octanol–water partition coefficient (Wildman–Crippen LogP) is 0.765. The van der Waals surface area contributed by atoms with Gasteiger partial charge in [-0.1, -0.05) is 0 Å². The molecule has 1 aliphatic rings. The van der Waals surface area contributed by atoms with E-state index in [4.69, 9.17) is 9.47 Å². The van der Waals surface area contributed by atoms with Crippen LogP contribution in [0.3, 0.4) is 0 Å². The normalized spacial score (nSPS) is 24.3. The molecule has 1 fully saturated rings. The molecule has 0 saturated carbocycles. The molecule has 0 bridgehead atoms. The highest BCUT2D eigenvalue weighted by molar-refractivity contribution is 7.99. The quantitative estimate of drug-likeness (QED) is 0.424. The Labute approximate surface area is 59.9 Å². The van der Waals surface area contributed by atoms with Gasteiger partial charge in [0.2, 0.25) is 0 Å². The van der Waals surface area contributed by atoms with E-state index in [1.807, 2.05) is 11.8 Å². The molecular weight excluding hydrogens is 136 g/mol. The number of epoxide rings is 1. The van der Waals surface area contributed by atoms with E-state index in [1.54, 1.807) is 7.11 Å². The Balaban J connectivity index is 1.71. The Morgan fingerprint density at radius 3 is 3.11 bits per heavy atom. The van der Waals surface area contributed by atoms with Gasteiger partial charge in [-0.3, -0.25) is 0 Å². The van der Waals surface area contributed by atoms with Crippen molar-refractivity contribution in [2.45, 2.75) is 6.10 Å². The summed E-state index contributed by atoms with van der Waals surface area (Å²) in [7, 11) is 1.73. The van der Waals surface area contributed by atoms with Crippen LogP contribution in [-0.4, -0.2) is 37.9 Å². The number of rotatable bonds is 5. The topological polar surface area (TPSA) is 21.8 Å². The summed E-state index contributed by atoms with van der Waals surface area (Å²) in [5, 5.41) is 0. The minimum absolute atomic E-state index is 0.562. The van der Waals surface area contributed by atoms with Crippen LogP contribution in [0, 0.1) is 0 Å². The first-order chi connectivity index (χ1) is 4.43. The highest BCUT2D eigenvalue weighted by Gasteiger charge is 2.21. The SMILES string of the molecule is COCCSC[C@H]1CO1. The molecule has 0 N–H and O–H groups in total. The second-order valence-corrected chi connectivity index (χ2v) is 3.17. The summed E-state index contributed by atoms with van der Waals surface area (Å²) in [6.45, 7) is 1.83. The van der Waals surface area contributed by atoms with Crippen molar-refractivity contribution >= 4 is 11.8 Å². The first-order valence-electron chi connectivity index (χ1n) is 3.12. The monoisotopic (exact) mass is 148 g/mol. The third-order valence-corrected chi connectivity index (χ3v) is 2.20. The summed E-state index contributed by atoms with van der Waals surface area (Å²) >= 11 is 1.90. The number of methoxy groups -OCH3 is 1. The molecule has 2 nitrogen and oxygen atoms in total. The summed E-state index contributed by atoms with van der Waals surface area (Å²) in [6.07, 6.45) is 0.562. The zero-order chi connectivity index (χ0) is 6.53. The highest BCUT2D eigenvalue weighted by atomic mass is 32.2. The van der Waals surface area contributed by atoms with E-state index >= 15 is 0 Å². The minimum Gasteiger partial charge on any atom is -0.384 e. The molecule has 1 saturated heterocycles. The number of ether oxygens (including phenoxy) is 2. The van der Waals surface area contributed by atoms with Crippen molar-refractivity contribution in [2.24, 2.45) is 0 Å². The van der Waals surface area contributed by atoms with Gasteiger partial charge in [0.05, 0.1) is 19.3 Å². The van der Waals surface area contributed by atoms with Crippen molar-refractivity contribution in [3.63, 3.8) is 0 Å². The largest absolute Gasteiger partial charge is 0.384 e. The summed E-state index contributed by atoms with van der Waals surface area (Å²) in [5.74, 6) is 2.24. The van der Waals surface area contributed by atoms with Crippen molar-refractivity contribution in [1.82, 2.24) is 0 Å². The Hall–Kier alpha value is 0.270. The second-order valence-electron chi connectivity index (χ2n) is 2.02. The molecule has 0 aromatic rings. The second kappa shape index (κ2) is 4.14. The van der Waals surface area contributed by atoms with E-state index in [-0.39, 0.29) is 0 Å². The van der Waals surface area contributed by atoms with E-state index in [0.29, 0.717) is 6.10 Å². The first kappa shape index (κ1) is 7.38. The van der Waals surface area contributed by atoms with Gasteiger partial charge in [0.1, 0.15) is 0 Å². The van der Waals surface area contributed by atoms with Gasteiger partial charge in [0, 0.05) is 18.6 Å². The van der Waals surface area contributed by atoms with Crippen LogP contribution < -0.4 is 0 Å². The van der Waals surface area contributed by atoms with Crippen molar-refractivity contribution in [3.8, 4) is 0 Å². The molecule has 0 spiro atoms. The van der Waals surface area contributed by atoms with Crippen molar-refractivity contribution in [3.05, 3.63) is 0 Å². The molecule has 1 rings (SSSR count). The third kappa shape index (κ3) is 3.78. The lowest BCUT2D eigenvalue weighted by Gasteiger charge is -1.95. The molecule has 1 heterocycles. The smallest absolute Gasteiger partial charge is 0.0900 e. The molecule has 1 atom stereocenters. The van der Waals surface area contributed by atoms with E-state index in [9.17, 15) is 0 Å². The summed E-state index contributed by atoms with van der Waals surface area (Å²) in [6, 6.07) is 0. The van der Waals surface area contributed by atoms with E-state index in [1.165, 1.54) is 0 Å². The fourth-order valence-electron chi connectivity index (χ4n) is 0.521. The maximum Gasteiger partial charge on any atom is 0.0900 e. The van der Waals surface area contributed by atoms with Crippen LogP contribution in [0.5, 0.6) is 0 Å². The molecule has 0 radical (unpaired) electrons. The fourth-order valence-corrected chi connectivity index (χ4v) is 1.43. The van der Waals surface area contributed by atoms with Crippen molar-refractivity contribution < 1.29 is 9.47 Å². The maximum atomic E-state index is 5.03. The maximum absolute atomic E-state index is 5.03. The summed E-state index contributed by atoms with van der Waals surface area (Å²) < 4.78 is 9.91. The third-order valence-electron chi connectivity index (χ3n) is 1.14. The molecule has 1 aliphatic heterocycles. The highest BCUT2D eigenvalue weighted by Crippen LogP contribution is 2.15. The van der Waals surface area contributed by atoms with E-state index < -0.39 is 0 Å². The molecule has 0 unspecified atom stereocenters. The molecule has 0 aromatic heterocycles. The van der Waals surface area contributed by atoms with Gasteiger partial charge >= 0.3 is 0 Å². The van der Waals surface area contributed by atoms with E-state index in [0.717, 1.165) is 24.7 Å². The van der Waals surface area contributed by atoms with Crippen LogP contribution in [0.15, 0.2) is 0 Å². The standard InChI is InChI=1S/C6H12O2S/c1-7-2-3-9-5-6-4-8-6/h6H,2-5H2,1H3/t6-/m1/s1. The van der Waals surface area contributed by atoms with Gasteiger partial charge in [0.15, 0.2) is 0 Å². The lowest BCUT2D eigenvalue weighted by molar-refractivity contribution is 0.218. The minimum atomic E-state index is 0.562. The molecule has 0 amide bonds. The molecular formula is C6H12O2S. The molecule has 3 heteroatoms. The number of thioether (sulfide) groups is 1. The van der Waals surface area contributed by atoms with Crippen LogP contribution in [0.25, 0.3) is 0 Å². The zero-order valence-corrected chi connectivity index (χ0v) is 6.45. The number of hydrogen-bond donors (Lipinski definition) is 0. The fraction of sp³-hybridized carbons (Fsp3) is 1.00. The van der Waals surface area contributed by atoms with Gasteiger partial charge in [-0.05, 0) is 0 Å². The summed E-state index contributed by atoms with van der Waals surface area (Å²) in [4.78, 5) is 0.